The largest absolute Gasteiger partial charge is 0.353 e. The number of carbonyl (C=O) groups excluding carboxylic acids is 2. The Kier molecular flexibility index (Phi) is 7.07. The molecular weight excluding hydrogens is 356 g/mol. The first kappa shape index (κ1) is 20.8. The fourth-order valence-corrected chi connectivity index (χ4v) is 3.87. The van der Waals surface area contributed by atoms with E-state index in [1.54, 1.807) is 0 Å². The predicted molar refractivity (Wildman–Crippen MR) is 108 cm³/mol. The zero-order valence-electron chi connectivity index (χ0n) is 17.4. The fraction of sp³-hybridized carbons (Fsp3) is 0.750. The molecule has 0 spiro atoms. The van der Waals surface area contributed by atoms with E-state index in [9.17, 15) is 9.59 Å². The second-order valence-electron chi connectivity index (χ2n) is 8.34. The summed E-state index contributed by atoms with van der Waals surface area (Å²) in [5.41, 5.74) is 0. The van der Waals surface area contributed by atoms with Gasteiger partial charge in [-0.25, -0.2) is 4.98 Å². The highest BCUT2D eigenvalue weighted by Crippen LogP contribution is 2.15. The highest BCUT2D eigenvalue weighted by molar-refractivity contribution is 5.88. The van der Waals surface area contributed by atoms with Gasteiger partial charge in [0.25, 0.3) is 0 Å². The number of hydrogen-bond donors (Lipinski definition) is 1. The SMILES string of the molecule is CC(C)CCN1CCNC(=O)C1CC(=O)N1CCN(Cc2nccn2C)CC1. The maximum absolute atomic E-state index is 12.9. The van der Waals surface area contributed by atoms with E-state index in [1.165, 1.54) is 0 Å². The van der Waals surface area contributed by atoms with Gasteiger partial charge in [0.15, 0.2) is 0 Å². The van der Waals surface area contributed by atoms with Crippen molar-refractivity contribution in [1.29, 1.82) is 0 Å². The van der Waals surface area contributed by atoms with Gasteiger partial charge in [-0.3, -0.25) is 19.4 Å². The molecule has 2 saturated heterocycles. The standard InChI is InChI=1S/C20H34N6O2/c1-16(2)4-7-25-9-6-22-20(28)17(25)14-19(27)26-12-10-24(11-13-26)15-18-21-5-8-23(18)3/h5,8,16-17H,4,6-7,9-15H2,1-3H3,(H,22,28). The van der Waals surface area contributed by atoms with Crippen molar-refractivity contribution in [2.75, 3.05) is 45.8 Å². The molecule has 2 aliphatic rings. The Bertz CT molecular complexity index is 665. The maximum atomic E-state index is 12.9. The minimum atomic E-state index is -0.328. The molecule has 2 aliphatic heterocycles. The van der Waals surface area contributed by atoms with Crippen LogP contribution in [0.2, 0.25) is 0 Å². The van der Waals surface area contributed by atoms with Gasteiger partial charge in [0.2, 0.25) is 11.8 Å². The third kappa shape index (κ3) is 5.32. The molecular formula is C20H34N6O2. The summed E-state index contributed by atoms with van der Waals surface area (Å²) in [6.45, 7) is 10.7. The number of carbonyl (C=O) groups is 2. The lowest BCUT2D eigenvalue weighted by atomic mass is 10.0. The Balaban J connectivity index is 1.49. The van der Waals surface area contributed by atoms with Crippen molar-refractivity contribution >= 4 is 11.8 Å². The Hall–Kier alpha value is -1.93. The molecule has 8 nitrogen and oxygen atoms in total. The molecule has 1 N–H and O–H groups in total. The van der Waals surface area contributed by atoms with Gasteiger partial charge < -0.3 is 14.8 Å². The Morgan fingerprint density at radius 1 is 1.25 bits per heavy atom. The summed E-state index contributed by atoms with van der Waals surface area (Å²) in [7, 11) is 2.00. The molecule has 1 aromatic heterocycles. The number of imidazole rings is 1. The molecule has 156 valence electrons. The molecule has 0 aromatic carbocycles. The molecule has 28 heavy (non-hydrogen) atoms. The summed E-state index contributed by atoms with van der Waals surface area (Å²) in [6, 6.07) is -0.328. The highest BCUT2D eigenvalue weighted by atomic mass is 16.2. The van der Waals surface area contributed by atoms with Crippen molar-refractivity contribution in [1.82, 2.24) is 29.6 Å². The lowest BCUT2D eigenvalue weighted by Gasteiger charge is -2.38. The van der Waals surface area contributed by atoms with E-state index in [2.05, 4.69) is 33.9 Å². The molecule has 0 aliphatic carbocycles. The predicted octanol–water partition coefficient (Wildman–Crippen LogP) is 0.301. The van der Waals surface area contributed by atoms with Crippen LogP contribution in [0.3, 0.4) is 0 Å². The fourth-order valence-electron chi connectivity index (χ4n) is 3.87. The van der Waals surface area contributed by atoms with Crippen molar-refractivity contribution in [3.63, 3.8) is 0 Å². The first-order valence-electron chi connectivity index (χ1n) is 10.4. The van der Waals surface area contributed by atoms with Gasteiger partial charge in [-0.2, -0.15) is 0 Å². The summed E-state index contributed by atoms with van der Waals surface area (Å²) in [5, 5.41) is 2.93. The zero-order valence-corrected chi connectivity index (χ0v) is 17.4. The average molecular weight is 391 g/mol. The number of aryl methyl sites for hydroxylation is 1. The van der Waals surface area contributed by atoms with Crippen molar-refractivity contribution < 1.29 is 9.59 Å². The van der Waals surface area contributed by atoms with E-state index in [1.807, 2.05) is 28.9 Å². The van der Waals surface area contributed by atoms with Gasteiger partial charge in [-0.15, -0.1) is 0 Å². The Morgan fingerprint density at radius 2 is 2.00 bits per heavy atom. The summed E-state index contributed by atoms with van der Waals surface area (Å²) >= 11 is 0. The number of piperazine rings is 2. The van der Waals surface area contributed by atoms with Gasteiger partial charge in [0.1, 0.15) is 5.82 Å². The zero-order chi connectivity index (χ0) is 20.1. The van der Waals surface area contributed by atoms with Crippen molar-refractivity contribution in [3.05, 3.63) is 18.2 Å². The van der Waals surface area contributed by atoms with Crippen LogP contribution in [0.5, 0.6) is 0 Å². The number of aromatic nitrogens is 2. The van der Waals surface area contributed by atoms with Gasteiger partial charge in [-0.05, 0) is 18.9 Å². The molecule has 8 heteroatoms. The van der Waals surface area contributed by atoms with Crippen LogP contribution in [-0.2, 0) is 23.2 Å². The van der Waals surface area contributed by atoms with Crippen molar-refractivity contribution in [2.24, 2.45) is 13.0 Å². The van der Waals surface area contributed by atoms with Crippen LogP contribution >= 0.6 is 0 Å². The van der Waals surface area contributed by atoms with Crippen LogP contribution in [0.25, 0.3) is 0 Å². The van der Waals surface area contributed by atoms with Gasteiger partial charge in [0, 0.05) is 58.7 Å². The molecule has 0 saturated carbocycles. The van der Waals surface area contributed by atoms with E-state index in [4.69, 9.17) is 0 Å². The van der Waals surface area contributed by atoms with Crippen molar-refractivity contribution in [2.45, 2.75) is 39.3 Å². The lowest BCUT2D eigenvalue weighted by molar-refractivity contribution is -0.140. The Morgan fingerprint density at radius 3 is 2.64 bits per heavy atom. The second kappa shape index (κ2) is 9.52. The summed E-state index contributed by atoms with van der Waals surface area (Å²) < 4.78 is 2.03. The smallest absolute Gasteiger partial charge is 0.237 e. The van der Waals surface area contributed by atoms with Crippen LogP contribution in [0.1, 0.15) is 32.5 Å². The van der Waals surface area contributed by atoms with Crippen LogP contribution in [0, 0.1) is 5.92 Å². The normalized spacial score (nSPS) is 21.9. The first-order chi connectivity index (χ1) is 13.4. The van der Waals surface area contributed by atoms with Gasteiger partial charge in [0.05, 0.1) is 19.0 Å². The van der Waals surface area contributed by atoms with E-state index >= 15 is 0 Å². The summed E-state index contributed by atoms with van der Waals surface area (Å²) in [6.07, 6.45) is 5.10. The maximum Gasteiger partial charge on any atom is 0.237 e. The monoisotopic (exact) mass is 390 g/mol. The number of nitrogens with zero attached hydrogens (tertiary/aromatic N) is 5. The van der Waals surface area contributed by atoms with Crippen LogP contribution in [0.15, 0.2) is 12.4 Å². The number of hydrogen-bond acceptors (Lipinski definition) is 5. The third-order valence-corrected chi connectivity index (χ3v) is 5.81. The van der Waals surface area contributed by atoms with Gasteiger partial charge in [-0.1, -0.05) is 13.8 Å². The highest BCUT2D eigenvalue weighted by Gasteiger charge is 2.33. The molecule has 3 rings (SSSR count). The van der Waals surface area contributed by atoms with Crippen molar-refractivity contribution in [3.8, 4) is 0 Å². The molecule has 3 heterocycles. The topological polar surface area (TPSA) is 73.7 Å². The van der Waals surface area contributed by atoms with E-state index < -0.39 is 0 Å². The van der Waals surface area contributed by atoms with Crippen LogP contribution in [0.4, 0.5) is 0 Å². The number of nitrogens with one attached hydrogen (secondary N) is 1. The van der Waals surface area contributed by atoms with Crippen LogP contribution < -0.4 is 5.32 Å². The molecule has 0 radical (unpaired) electrons. The first-order valence-corrected chi connectivity index (χ1v) is 10.4. The van der Waals surface area contributed by atoms with E-state index in [0.29, 0.717) is 25.6 Å². The van der Waals surface area contributed by atoms with E-state index in [0.717, 1.165) is 45.0 Å². The molecule has 2 fully saturated rings. The van der Waals surface area contributed by atoms with E-state index in [-0.39, 0.29) is 24.3 Å². The van der Waals surface area contributed by atoms with Crippen LogP contribution in [-0.4, -0.2) is 87.9 Å². The molecule has 1 atom stereocenters. The minimum absolute atomic E-state index is 0.00299. The summed E-state index contributed by atoms with van der Waals surface area (Å²) in [5.74, 6) is 1.72. The molecule has 0 bridgehead atoms. The third-order valence-electron chi connectivity index (χ3n) is 5.81. The van der Waals surface area contributed by atoms with Gasteiger partial charge >= 0.3 is 0 Å². The Labute approximate surface area is 167 Å². The quantitative estimate of drug-likeness (QED) is 0.725. The molecule has 1 unspecified atom stereocenters. The number of rotatable bonds is 7. The average Bonchev–Trinajstić information content (AvgIpc) is 3.07. The lowest BCUT2D eigenvalue weighted by Crippen LogP contribution is -2.57. The second-order valence-corrected chi connectivity index (χ2v) is 8.34. The molecule has 1 aromatic rings. The minimum Gasteiger partial charge on any atom is -0.353 e. The summed E-state index contributed by atoms with van der Waals surface area (Å²) in [4.78, 5) is 36.1. The number of amides is 2. The molecule has 2 amide bonds.